The molecule has 2 aromatic rings. The zero-order valence-corrected chi connectivity index (χ0v) is 19.8. The number of piperidine rings is 1. The van der Waals surface area contributed by atoms with Crippen molar-refractivity contribution in [3.63, 3.8) is 0 Å². The third kappa shape index (κ3) is 6.33. The average Bonchev–Trinajstić information content (AvgIpc) is 2.83. The Balaban J connectivity index is 1.65. The minimum absolute atomic E-state index is 0.0217. The molecule has 0 bridgehead atoms. The molecule has 9 heteroatoms. The monoisotopic (exact) mass is 474 g/mol. The fourth-order valence-electron chi connectivity index (χ4n) is 3.69. The lowest BCUT2D eigenvalue weighted by Gasteiger charge is -2.26. The zero-order chi connectivity index (χ0) is 23.8. The van der Waals surface area contributed by atoms with Crippen LogP contribution < -0.4 is 14.8 Å². The highest BCUT2D eigenvalue weighted by atomic mass is 32.2. The highest BCUT2D eigenvalue weighted by Gasteiger charge is 2.27. The summed E-state index contributed by atoms with van der Waals surface area (Å²) >= 11 is 0. The minimum Gasteiger partial charge on any atom is -0.495 e. The van der Waals surface area contributed by atoms with Gasteiger partial charge in [-0.1, -0.05) is 6.42 Å². The minimum atomic E-state index is -3.65. The number of carbonyl (C=O) groups excluding carboxylic acids is 2. The second kappa shape index (κ2) is 11.3. The molecule has 0 spiro atoms. The van der Waals surface area contributed by atoms with Gasteiger partial charge in [-0.3, -0.25) is 9.59 Å². The quantitative estimate of drug-likeness (QED) is 0.525. The van der Waals surface area contributed by atoms with E-state index in [0.29, 0.717) is 36.8 Å². The van der Waals surface area contributed by atoms with Gasteiger partial charge in [0.05, 0.1) is 24.3 Å². The first-order valence-electron chi connectivity index (χ1n) is 11.1. The van der Waals surface area contributed by atoms with Gasteiger partial charge in [0.2, 0.25) is 15.9 Å². The number of nitrogens with one attached hydrogen (secondary N) is 1. The smallest absolute Gasteiger partial charge is 0.243 e. The molecular weight excluding hydrogens is 444 g/mol. The highest BCUT2D eigenvalue weighted by Crippen LogP contribution is 2.30. The molecule has 3 rings (SSSR count). The first kappa shape index (κ1) is 24.7. The molecule has 1 N–H and O–H groups in total. The molecule has 0 radical (unpaired) electrons. The lowest BCUT2D eigenvalue weighted by molar-refractivity contribution is -0.116. The van der Waals surface area contributed by atoms with Crippen molar-refractivity contribution in [2.45, 2.75) is 43.9 Å². The van der Waals surface area contributed by atoms with Gasteiger partial charge in [0, 0.05) is 31.5 Å². The number of ketones is 1. The van der Waals surface area contributed by atoms with E-state index < -0.39 is 15.9 Å². The van der Waals surface area contributed by atoms with Gasteiger partial charge < -0.3 is 14.8 Å². The maximum Gasteiger partial charge on any atom is 0.243 e. The Morgan fingerprint density at radius 3 is 2.33 bits per heavy atom. The summed E-state index contributed by atoms with van der Waals surface area (Å²) in [5.74, 6) is 0.457. The fraction of sp³-hybridized carbons (Fsp3) is 0.417. The van der Waals surface area contributed by atoms with Gasteiger partial charge in [0.25, 0.3) is 0 Å². The molecule has 1 aliphatic heterocycles. The van der Waals surface area contributed by atoms with E-state index in [2.05, 4.69) is 5.32 Å². The molecule has 1 fully saturated rings. The predicted octanol–water partition coefficient (Wildman–Crippen LogP) is 3.87. The van der Waals surface area contributed by atoms with Gasteiger partial charge in [-0.25, -0.2) is 8.42 Å². The van der Waals surface area contributed by atoms with Crippen LogP contribution in [-0.2, 0) is 14.8 Å². The third-order valence-corrected chi connectivity index (χ3v) is 7.36. The van der Waals surface area contributed by atoms with Gasteiger partial charge in [0.15, 0.2) is 5.78 Å². The molecule has 1 amide bonds. The summed E-state index contributed by atoms with van der Waals surface area (Å²) in [6, 6.07) is 11.2. The van der Waals surface area contributed by atoms with Gasteiger partial charge in [-0.05, 0) is 62.2 Å². The van der Waals surface area contributed by atoms with Crippen molar-refractivity contribution in [1.29, 1.82) is 0 Å². The average molecular weight is 475 g/mol. The van der Waals surface area contributed by atoms with E-state index >= 15 is 0 Å². The van der Waals surface area contributed by atoms with Crippen LogP contribution in [0.2, 0.25) is 0 Å². The van der Waals surface area contributed by atoms with E-state index in [1.807, 2.05) is 6.92 Å². The van der Waals surface area contributed by atoms with Crippen LogP contribution in [-0.4, -0.2) is 51.2 Å². The Labute approximate surface area is 194 Å². The Morgan fingerprint density at radius 2 is 1.70 bits per heavy atom. The van der Waals surface area contributed by atoms with Gasteiger partial charge in [-0.15, -0.1) is 0 Å². The van der Waals surface area contributed by atoms with Crippen molar-refractivity contribution in [3.05, 3.63) is 48.0 Å². The van der Waals surface area contributed by atoms with E-state index in [9.17, 15) is 18.0 Å². The number of hydrogen-bond donors (Lipinski definition) is 1. The normalized spacial score (nSPS) is 14.5. The van der Waals surface area contributed by atoms with E-state index in [1.165, 1.54) is 29.6 Å². The van der Waals surface area contributed by atoms with Crippen LogP contribution in [0.5, 0.6) is 11.5 Å². The lowest BCUT2D eigenvalue weighted by Crippen LogP contribution is -2.35. The second-order valence-electron chi connectivity index (χ2n) is 7.76. The summed E-state index contributed by atoms with van der Waals surface area (Å²) < 4.78 is 38.1. The van der Waals surface area contributed by atoms with E-state index in [0.717, 1.165) is 19.3 Å². The van der Waals surface area contributed by atoms with Gasteiger partial charge in [-0.2, -0.15) is 4.31 Å². The van der Waals surface area contributed by atoms with Crippen LogP contribution in [0.15, 0.2) is 47.4 Å². The largest absolute Gasteiger partial charge is 0.495 e. The number of Topliss-reactive ketones (excluding diaryl/α,β-unsaturated/α-hetero) is 1. The highest BCUT2D eigenvalue weighted by molar-refractivity contribution is 7.89. The zero-order valence-electron chi connectivity index (χ0n) is 19.0. The van der Waals surface area contributed by atoms with E-state index in [-0.39, 0.29) is 29.2 Å². The van der Waals surface area contributed by atoms with E-state index in [4.69, 9.17) is 9.47 Å². The maximum absolute atomic E-state index is 13.0. The standard InChI is InChI=1S/C24H30N2O6S/c1-3-32-19-9-7-18(8-10-19)22(27)12-14-24(28)25-21-17-20(11-13-23(21)31-2)33(29,30)26-15-5-4-6-16-26/h7-11,13,17H,3-6,12,14-16H2,1-2H3,(H,25,28). The molecule has 33 heavy (non-hydrogen) atoms. The number of nitrogens with zero attached hydrogens (tertiary/aromatic N) is 1. The fourth-order valence-corrected chi connectivity index (χ4v) is 5.23. The topological polar surface area (TPSA) is 102 Å². The molecule has 0 aliphatic carbocycles. The summed E-state index contributed by atoms with van der Waals surface area (Å²) in [6.45, 7) is 3.40. The number of anilines is 1. The number of sulfonamides is 1. The molecule has 1 aliphatic rings. The van der Waals surface area contributed by atoms with Crippen LogP contribution in [0, 0.1) is 0 Å². The van der Waals surface area contributed by atoms with Crippen molar-refractivity contribution in [2.24, 2.45) is 0 Å². The number of ether oxygens (including phenoxy) is 2. The van der Waals surface area contributed by atoms with Crippen molar-refractivity contribution in [1.82, 2.24) is 4.31 Å². The lowest BCUT2D eigenvalue weighted by atomic mass is 10.1. The third-order valence-electron chi connectivity index (χ3n) is 5.46. The second-order valence-corrected chi connectivity index (χ2v) is 9.69. The first-order chi connectivity index (χ1) is 15.8. The number of rotatable bonds is 10. The first-order valence-corrected chi connectivity index (χ1v) is 12.5. The van der Waals surface area contributed by atoms with E-state index in [1.54, 1.807) is 24.3 Å². The molecule has 2 aromatic carbocycles. The SMILES string of the molecule is CCOc1ccc(C(=O)CCC(=O)Nc2cc(S(=O)(=O)N3CCCCC3)ccc2OC)cc1. The number of methoxy groups -OCH3 is 1. The summed E-state index contributed by atoms with van der Waals surface area (Å²) in [6.07, 6.45) is 2.67. The maximum atomic E-state index is 13.0. The summed E-state index contributed by atoms with van der Waals surface area (Å²) in [5.41, 5.74) is 0.757. The molecule has 0 unspecified atom stereocenters. The Kier molecular flexibility index (Phi) is 8.46. The van der Waals surface area contributed by atoms with Crippen LogP contribution in [0.25, 0.3) is 0 Å². The van der Waals surface area contributed by atoms with Crippen molar-refractivity contribution < 1.29 is 27.5 Å². The molecule has 1 saturated heterocycles. The molecule has 0 aromatic heterocycles. The predicted molar refractivity (Wildman–Crippen MR) is 125 cm³/mol. The number of amides is 1. The molecule has 1 heterocycles. The summed E-state index contributed by atoms with van der Waals surface area (Å²) in [7, 11) is -2.21. The van der Waals surface area contributed by atoms with Gasteiger partial charge >= 0.3 is 0 Å². The molecular formula is C24H30N2O6S. The van der Waals surface area contributed by atoms with Crippen molar-refractivity contribution in [2.75, 3.05) is 32.1 Å². The molecule has 178 valence electrons. The van der Waals surface area contributed by atoms with Crippen LogP contribution in [0.3, 0.4) is 0 Å². The van der Waals surface area contributed by atoms with Crippen molar-refractivity contribution >= 4 is 27.4 Å². The molecule has 0 atom stereocenters. The molecule has 0 saturated carbocycles. The Morgan fingerprint density at radius 1 is 1.00 bits per heavy atom. The van der Waals surface area contributed by atoms with Crippen LogP contribution in [0.1, 0.15) is 49.4 Å². The summed E-state index contributed by atoms with van der Waals surface area (Å²) in [4.78, 5) is 25.0. The van der Waals surface area contributed by atoms with Crippen LogP contribution in [0.4, 0.5) is 5.69 Å². The van der Waals surface area contributed by atoms with Gasteiger partial charge in [0.1, 0.15) is 11.5 Å². The van der Waals surface area contributed by atoms with Crippen LogP contribution >= 0.6 is 0 Å². The number of hydrogen-bond acceptors (Lipinski definition) is 6. The van der Waals surface area contributed by atoms with Crippen molar-refractivity contribution in [3.8, 4) is 11.5 Å². The Hall–Kier alpha value is -2.91. The molecule has 8 nitrogen and oxygen atoms in total. The number of carbonyl (C=O) groups is 2. The summed E-state index contributed by atoms with van der Waals surface area (Å²) in [5, 5.41) is 2.69. The Bertz CT molecular complexity index is 1080. The number of benzene rings is 2.